The van der Waals surface area contributed by atoms with Gasteiger partial charge >= 0.3 is 0 Å². The second kappa shape index (κ2) is 6.06. The maximum Gasteiger partial charge on any atom is 0.0705 e. The van der Waals surface area contributed by atoms with Crippen molar-refractivity contribution in [2.45, 2.75) is 6.92 Å². The number of hydrogen-bond acceptors (Lipinski definition) is 3. The molecule has 3 nitrogen and oxygen atoms in total. The predicted molar refractivity (Wildman–Crippen MR) is 86.7 cm³/mol. The molecule has 0 saturated heterocycles. The highest BCUT2D eigenvalue weighted by Crippen LogP contribution is 2.20. The van der Waals surface area contributed by atoms with Gasteiger partial charge in [-0.05, 0) is 30.7 Å². The first kappa shape index (κ1) is 13.9. The highest BCUT2D eigenvalue weighted by Gasteiger charge is 2.09. The third kappa shape index (κ3) is 3.06. The van der Waals surface area contributed by atoms with E-state index in [2.05, 4.69) is 11.9 Å². The van der Waals surface area contributed by atoms with Gasteiger partial charge in [0.2, 0.25) is 0 Å². The van der Waals surface area contributed by atoms with Gasteiger partial charge in [0.25, 0.3) is 0 Å². The predicted octanol–water partition coefficient (Wildman–Crippen LogP) is 3.59. The van der Waals surface area contributed by atoms with Crippen LogP contribution in [0.15, 0.2) is 55.1 Å². The van der Waals surface area contributed by atoms with Crippen LogP contribution in [0, 0.1) is 12.3 Å². The quantitative estimate of drug-likeness (QED) is 0.439. The molecule has 0 unspecified atom stereocenters. The Hall–Kier alpha value is -2.55. The Morgan fingerprint density at radius 1 is 1.30 bits per heavy atom. The third-order valence-electron chi connectivity index (χ3n) is 3.08. The van der Waals surface area contributed by atoms with Crippen LogP contribution in [0.5, 0.6) is 0 Å². The van der Waals surface area contributed by atoms with Gasteiger partial charge in [-0.2, -0.15) is 0 Å². The highest BCUT2D eigenvalue weighted by atomic mass is 14.8. The number of nitrogens with two attached hydrogens (primary N) is 1. The van der Waals surface area contributed by atoms with Crippen molar-refractivity contribution in [2.75, 3.05) is 17.6 Å². The normalized spacial score (nSPS) is 10.1. The Kier molecular flexibility index (Phi) is 4.20. The zero-order valence-electron chi connectivity index (χ0n) is 11.6. The molecule has 2 aromatic carbocycles. The zero-order valence-corrected chi connectivity index (χ0v) is 11.6. The van der Waals surface area contributed by atoms with Gasteiger partial charge in [-0.1, -0.05) is 30.3 Å². The summed E-state index contributed by atoms with van der Waals surface area (Å²) in [6.07, 6.45) is 1.80. The van der Waals surface area contributed by atoms with Crippen LogP contribution in [0.2, 0.25) is 0 Å². The fraction of sp³-hybridized carbons (Fsp3) is 0.118. The third-order valence-corrected chi connectivity index (χ3v) is 3.08. The van der Waals surface area contributed by atoms with Gasteiger partial charge in [-0.25, -0.2) is 0 Å². The van der Waals surface area contributed by atoms with Gasteiger partial charge in [0, 0.05) is 29.0 Å². The van der Waals surface area contributed by atoms with E-state index in [0.29, 0.717) is 17.9 Å². The molecule has 0 aliphatic carbocycles. The van der Waals surface area contributed by atoms with E-state index in [4.69, 9.17) is 11.1 Å². The maximum atomic E-state index is 8.33. The lowest BCUT2D eigenvalue weighted by molar-refractivity contribution is 1.34. The Morgan fingerprint density at radius 2 is 2.10 bits per heavy atom. The minimum absolute atomic E-state index is 0.435. The Morgan fingerprint density at radius 3 is 2.80 bits per heavy atom. The summed E-state index contributed by atoms with van der Waals surface area (Å²) >= 11 is 0. The molecule has 0 aliphatic heterocycles. The molecule has 0 spiro atoms. The summed E-state index contributed by atoms with van der Waals surface area (Å²) < 4.78 is 0. The van der Waals surface area contributed by atoms with Crippen LogP contribution in [-0.4, -0.2) is 12.3 Å². The lowest BCUT2D eigenvalue weighted by Crippen LogP contribution is -2.06. The number of anilines is 2. The van der Waals surface area contributed by atoms with Crippen molar-refractivity contribution in [1.29, 1.82) is 5.41 Å². The van der Waals surface area contributed by atoms with Gasteiger partial charge < -0.3 is 11.1 Å². The summed E-state index contributed by atoms with van der Waals surface area (Å²) in [5, 5.41) is 11.5. The van der Waals surface area contributed by atoms with E-state index in [9.17, 15) is 0 Å². The lowest BCUT2D eigenvalue weighted by Gasteiger charge is -2.10. The second-order valence-corrected chi connectivity index (χ2v) is 4.72. The van der Waals surface area contributed by atoms with Gasteiger partial charge in [0.05, 0.1) is 5.71 Å². The molecule has 20 heavy (non-hydrogen) atoms. The molecular formula is C17H19N3. The van der Waals surface area contributed by atoms with Crippen molar-refractivity contribution in [2.24, 2.45) is 0 Å². The fourth-order valence-corrected chi connectivity index (χ4v) is 2.04. The standard InChI is InChI=1S/C17H19N3/c1-3-9-20-14-6-4-5-13(11-14)17(19)15-8-7-12(2)10-16(15)18/h3-8,10-11,19-20H,1,9,18H2,2H3. The zero-order chi connectivity index (χ0) is 14.5. The summed E-state index contributed by atoms with van der Waals surface area (Å²) in [7, 11) is 0. The van der Waals surface area contributed by atoms with E-state index < -0.39 is 0 Å². The second-order valence-electron chi connectivity index (χ2n) is 4.72. The minimum Gasteiger partial charge on any atom is -0.398 e. The molecule has 0 fully saturated rings. The first-order chi connectivity index (χ1) is 9.61. The first-order valence-corrected chi connectivity index (χ1v) is 6.52. The van der Waals surface area contributed by atoms with Crippen molar-refractivity contribution in [1.82, 2.24) is 0 Å². The van der Waals surface area contributed by atoms with Crippen molar-refractivity contribution >= 4 is 17.1 Å². The monoisotopic (exact) mass is 265 g/mol. The molecule has 2 aromatic rings. The van der Waals surface area contributed by atoms with Crippen molar-refractivity contribution in [3.63, 3.8) is 0 Å². The summed E-state index contributed by atoms with van der Waals surface area (Å²) in [6.45, 7) is 6.37. The summed E-state index contributed by atoms with van der Waals surface area (Å²) in [6, 6.07) is 13.5. The first-order valence-electron chi connectivity index (χ1n) is 6.52. The Balaban J connectivity index is 2.30. The summed E-state index contributed by atoms with van der Waals surface area (Å²) in [5.74, 6) is 0. The maximum absolute atomic E-state index is 8.33. The summed E-state index contributed by atoms with van der Waals surface area (Å²) in [4.78, 5) is 0. The van der Waals surface area contributed by atoms with Crippen LogP contribution < -0.4 is 11.1 Å². The molecule has 3 heteroatoms. The van der Waals surface area contributed by atoms with E-state index in [-0.39, 0.29) is 0 Å². The van der Waals surface area contributed by atoms with Gasteiger partial charge in [0.15, 0.2) is 0 Å². The molecular weight excluding hydrogens is 246 g/mol. The lowest BCUT2D eigenvalue weighted by atomic mass is 9.99. The molecule has 0 aromatic heterocycles. The Bertz CT molecular complexity index is 644. The van der Waals surface area contributed by atoms with Crippen molar-refractivity contribution in [3.8, 4) is 0 Å². The van der Waals surface area contributed by atoms with Gasteiger partial charge in [-0.3, -0.25) is 5.41 Å². The SMILES string of the molecule is C=CCNc1cccc(C(=N)c2ccc(C)cc2N)c1. The van der Waals surface area contributed by atoms with E-state index in [0.717, 1.165) is 22.4 Å². The smallest absolute Gasteiger partial charge is 0.0705 e. The van der Waals surface area contributed by atoms with E-state index in [1.165, 1.54) is 0 Å². The van der Waals surface area contributed by atoms with Crippen molar-refractivity contribution < 1.29 is 0 Å². The van der Waals surface area contributed by atoms with E-state index in [1.54, 1.807) is 6.08 Å². The number of nitrogens with one attached hydrogen (secondary N) is 2. The molecule has 0 heterocycles. The topological polar surface area (TPSA) is 61.9 Å². The van der Waals surface area contributed by atoms with Crippen LogP contribution in [0.3, 0.4) is 0 Å². The van der Waals surface area contributed by atoms with Gasteiger partial charge in [0.1, 0.15) is 0 Å². The molecule has 0 atom stereocenters. The molecule has 0 aliphatic rings. The van der Waals surface area contributed by atoms with Crippen LogP contribution in [0.4, 0.5) is 11.4 Å². The molecule has 0 saturated carbocycles. The fourth-order valence-electron chi connectivity index (χ4n) is 2.04. The van der Waals surface area contributed by atoms with Gasteiger partial charge in [-0.15, -0.1) is 6.58 Å². The average molecular weight is 265 g/mol. The molecule has 4 N–H and O–H groups in total. The minimum atomic E-state index is 0.435. The van der Waals surface area contributed by atoms with Crippen LogP contribution in [0.25, 0.3) is 0 Å². The number of aryl methyl sites for hydroxylation is 1. The van der Waals surface area contributed by atoms with Crippen LogP contribution in [0.1, 0.15) is 16.7 Å². The largest absolute Gasteiger partial charge is 0.398 e. The molecule has 2 rings (SSSR count). The van der Waals surface area contributed by atoms with E-state index >= 15 is 0 Å². The molecule has 0 radical (unpaired) electrons. The molecule has 0 bridgehead atoms. The highest BCUT2D eigenvalue weighted by molar-refractivity contribution is 6.14. The number of benzene rings is 2. The van der Waals surface area contributed by atoms with Crippen LogP contribution >= 0.6 is 0 Å². The molecule has 102 valence electrons. The van der Waals surface area contributed by atoms with Crippen molar-refractivity contribution in [3.05, 3.63) is 71.8 Å². The number of hydrogen-bond donors (Lipinski definition) is 3. The molecule has 0 amide bonds. The van der Waals surface area contributed by atoms with Crippen LogP contribution in [-0.2, 0) is 0 Å². The Labute approximate surface area is 119 Å². The average Bonchev–Trinajstić information content (AvgIpc) is 2.45. The number of nitrogen functional groups attached to an aromatic ring is 1. The number of rotatable bonds is 5. The summed E-state index contributed by atoms with van der Waals surface area (Å²) in [5.41, 5.74) is 10.8. The van der Waals surface area contributed by atoms with E-state index in [1.807, 2.05) is 49.4 Å².